The molecule has 2 heterocycles. The molecule has 7 heteroatoms. The topological polar surface area (TPSA) is 75.2 Å². The Labute approximate surface area is 124 Å². The average molecular weight is 306 g/mol. The maximum Gasteiger partial charge on any atom is 0.246 e. The fourth-order valence-electron chi connectivity index (χ4n) is 1.92. The van der Waals surface area contributed by atoms with Gasteiger partial charge in [-0.25, -0.2) is 8.42 Å². The molecule has 0 amide bonds. The largest absolute Gasteiger partial charge is 0.384 e. The second-order valence-electron chi connectivity index (χ2n) is 4.52. The molecule has 0 spiro atoms. The van der Waals surface area contributed by atoms with Crippen molar-refractivity contribution >= 4 is 15.7 Å². The number of nitrogens with one attached hydrogen (secondary N) is 1. The van der Waals surface area contributed by atoms with Gasteiger partial charge in [0.1, 0.15) is 4.90 Å². The van der Waals surface area contributed by atoms with Gasteiger partial charge in [0.25, 0.3) is 0 Å². The molecule has 0 saturated heterocycles. The van der Waals surface area contributed by atoms with Crippen LogP contribution < -0.4 is 5.32 Å². The Morgan fingerprint density at radius 2 is 1.95 bits per heavy atom. The molecule has 0 aromatic carbocycles. The van der Waals surface area contributed by atoms with Crippen molar-refractivity contribution in [3.63, 3.8) is 0 Å². The SMILES string of the molecule is CCNc1ccncc1S(=O)(=O)N(C)Cc1cccnc1. The zero-order chi connectivity index (χ0) is 15.3. The average Bonchev–Trinajstić information content (AvgIpc) is 2.49. The zero-order valence-corrected chi connectivity index (χ0v) is 12.8. The monoisotopic (exact) mass is 306 g/mol. The van der Waals surface area contributed by atoms with Crippen LogP contribution in [0.1, 0.15) is 12.5 Å². The van der Waals surface area contributed by atoms with E-state index < -0.39 is 10.0 Å². The number of pyridine rings is 2. The van der Waals surface area contributed by atoms with Crippen molar-refractivity contribution < 1.29 is 8.42 Å². The normalized spacial score (nSPS) is 11.6. The predicted octanol–water partition coefficient (Wildman–Crippen LogP) is 1.73. The molecule has 0 saturated carbocycles. The third kappa shape index (κ3) is 3.56. The molecule has 2 aromatic rings. The first kappa shape index (κ1) is 15.4. The lowest BCUT2D eigenvalue weighted by atomic mass is 10.3. The lowest BCUT2D eigenvalue weighted by Crippen LogP contribution is -2.27. The number of rotatable bonds is 6. The van der Waals surface area contributed by atoms with E-state index in [-0.39, 0.29) is 11.4 Å². The number of anilines is 1. The number of nitrogens with zero attached hydrogens (tertiary/aromatic N) is 3. The molecule has 0 unspecified atom stereocenters. The van der Waals surface area contributed by atoms with E-state index in [1.54, 1.807) is 37.8 Å². The number of aromatic nitrogens is 2. The van der Waals surface area contributed by atoms with Gasteiger partial charge in [-0.15, -0.1) is 0 Å². The predicted molar refractivity (Wildman–Crippen MR) is 81.3 cm³/mol. The number of hydrogen-bond donors (Lipinski definition) is 1. The van der Waals surface area contributed by atoms with Crippen LogP contribution in [0, 0.1) is 0 Å². The summed E-state index contributed by atoms with van der Waals surface area (Å²) in [5.74, 6) is 0. The highest BCUT2D eigenvalue weighted by atomic mass is 32.2. The minimum Gasteiger partial charge on any atom is -0.384 e. The molecule has 0 aliphatic carbocycles. The van der Waals surface area contributed by atoms with Crippen LogP contribution >= 0.6 is 0 Å². The van der Waals surface area contributed by atoms with Gasteiger partial charge in [-0.3, -0.25) is 9.97 Å². The third-order valence-electron chi connectivity index (χ3n) is 2.97. The quantitative estimate of drug-likeness (QED) is 0.879. The standard InChI is InChI=1S/C14H18N4O2S/c1-3-17-13-6-8-16-10-14(13)21(19,20)18(2)11-12-5-4-7-15-9-12/h4-10H,3,11H2,1-2H3,(H,16,17). The molecule has 0 aliphatic heterocycles. The van der Waals surface area contributed by atoms with Crippen molar-refractivity contribution in [1.29, 1.82) is 0 Å². The molecule has 21 heavy (non-hydrogen) atoms. The Morgan fingerprint density at radius 1 is 1.19 bits per heavy atom. The smallest absolute Gasteiger partial charge is 0.246 e. The summed E-state index contributed by atoms with van der Waals surface area (Å²) < 4.78 is 26.6. The highest BCUT2D eigenvalue weighted by molar-refractivity contribution is 7.89. The molecule has 2 aromatic heterocycles. The molecule has 0 bridgehead atoms. The Hall–Kier alpha value is -1.99. The van der Waals surface area contributed by atoms with Gasteiger partial charge >= 0.3 is 0 Å². The van der Waals surface area contributed by atoms with Gasteiger partial charge in [-0.05, 0) is 24.6 Å². The summed E-state index contributed by atoms with van der Waals surface area (Å²) in [4.78, 5) is 8.10. The summed E-state index contributed by atoms with van der Waals surface area (Å²) in [6, 6.07) is 5.28. The van der Waals surface area contributed by atoms with E-state index >= 15 is 0 Å². The summed E-state index contributed by atoms with van der Waals surface area (Å²) >= 11 is 0. The molecule has 112 valence electrons. The second-order valence-corrected chi connectivity index (χ2v) is 6.54. The fourth-order valence-corrected chi connectivity index (χ4v) is 3.19. The number of sulfonamides is 1. The lowest BCUT2D eigenvalue weighted by Gasteiger charge is -2.19. The van der Waals surface area contributed by atoms with Crippen molar-refractivity contribution in [2.45, 2.75) is 18.4 Å². The molecular formula is C14H18N4O2S. The van der Waals surface area contributed by atoms with Gasteiger partial charge in [-0.2, -0.15) is 4.31 Å². The Kier molecular flexibility index (Phi) is 4.87. The molecule has 0 radical (unpaired) electrons. The van der Waals surface area contributed by atoms with E-state index in [2.05, 4.69) is 15.3 Å². The molecule has 0 fully saturated rings. The van der Waals surface area contributed by atoms with Crippen LogP contribution in [0.2, 0.25) is 0 Å². The van der Waals surface area contributed by atoms with Crippen LogP contribution in [-0.4, -0.2) is 36.3 Å². The van der Waals surface area contributed by atoms with E-state index in [0.717, 1.165) is 5.56 Å². The zero-order valence-electron chi connectivity index (χ0n) is 12.0. The van der Waals surface area contributed by atoms with Crippen molar-refractivity contribution in [3.05, 3.63) is 48.5 Å². The number of hydrogen-bond acceptors (Lipinski definition) is 5. The van der Waals surface area contributed by atoms with E-state index in [9.17, 15) is 8.42 Å². The van der Waals surface area contributed by atoms with Crippen LogP contribution in [0.5, 0.6) is 0 Å². The molecule has 6 nitrogen and oxygen atoms in total. The Bertz CT molecular complexity index is 689. The lowest BCUT2D eigenvalue weighted by molar-refractivity contribution is 0.466. The van der Waals surface area contributed by atoms with Gasteiger partial charge in [-0.1, -0.05) is 6.07 Å². The third-order valence-corrected chi connectivity index (χ3v) is 4.80. The second kappa shape index (κ2) is 6.64. The van der Waals surface area contributed by atoms with Crippen LogP contribution in [0.3, 0.4) is 0 Å². The van der Waals surface area contributed by atoms with Gasteiger partial charge in [0.15, 0.2) is 0 Å². The molecule has 0 atom stereocenters. The first-order valence-corrected chi connectivity index (χ1v) is 8.03. The minimum absolute atomic E-state index is 0.179. The van der Waals surface area contributed by atoms with Gasteiger partial charge in [0.05, 0.1) is 5.69 Å². The molecule has 2 rings (SSSR count). The molecule has 1 N–H and O–H groups in total. The minimum atomic E-state index is -3.61. The van der Waals surface area contributed by atoms with Crippen LogP contribution in [0.25, 0.3) is 0 Å². The Balaban J connectivity index is 2.29. The van der Waals surface area contributed by atoms with E-state index in [1.807, 2.05) is 13.0 Å². The summed E-state index contributed by atoms with van der Waals surface area (Å²) in [5.41, 5.74) is 1.39. The Morgan fingerprint density at radius 3 is 2.62 bits per heavy atom. The summed E-state index contributed by atoms with van der Waals surface area (Å²) in [5, 5.41) is 3.04. The van der Waals surface area contributed by atoms with Gasteiger partial charge in [0.2, 0.25) is 10.0 Å². The first-order valence-electron chi connectivity index (χ1n) is 6.59. The first-order chi connectivity index (χ1) is 10.1. The highest BCUT2D eigenvalue weighted by Crippen LogP contribution is 2.23. The van der Waals surface area contributed by atoms with E-state index in [1.165, 1.54) is 10.5 Å². The highest BCUT2D eigenvalue weighted by Gasteiger charge is 2.24. The van der Waals surface area contributed by atoms with Crippen LogP contribution in [-0.2, 0) is 16.6 Å². The molecular weight excluding hydrogens is 288 g/mol. The van der Waals surface area contributed by atoms with Crippen molar-refractivity contribution in [1.82, 2.24) is 14.3 Å². The van der Waals surface area contributed by atoms with Gasteiger partial charge in [0, 0.05) is 44.9 Å². The van der Waals surface area contributed by atoms with E-state index in [4.69, 9.17) is 0 Å². The fraction of sp³-hybridized carbons (Fsp3) is 0.286. The van der Waals surface area contributed by atoms with Crippen molar-refractivity contribution in [2.24, 2.45) is 0 Å². The van der Waals surface area contributed by atoms with Crippen molar-refractivity contribution in [2.75, 3.05) is 18.9 Å². The molecule has 0 aliphatic rings. The maximum absolute atomic E-state index is 12.7. The summed E-state index contributed by atoms with van der Waals surface area (Å²) in [6.45, 7) is 2.81. The van der Waals surface area contributed by atoms with Crippen LogP contribution in [0.15, 0.2) is 47.9 Å². The van der Waals surface area contributed by atoms with Gasteiger partial charge < -0.3 is 5.32 Å². The van der Waals surface area contributed by atoms with Crippen molar-refractivity contribution in [3.8, 4) is 0 Å². The van der Waals surface area contributed by atoms with Crippen LogP contribution in [0.4, 0.5) is 5.69 Å². The maximum atomic E-state index is 12.7. The van der Waals surface area contributed by atoms with E-state index in [0.29, 0.717) is 12.2 Å². The summed E-state index contributed by atoms with van der Waals surface area (Å²) in [6.07, 6.45) is 6.24. The summed E-state index contributed by atoms with van der Waals surface area (Å²) in [7, 11) is -2.06.